The summed E-state index contributed by atoms with van der Waals surface area (Å²) < 4.78 is 1.81. The number of carbonyl (C=O) groups is 1. The number of nitrogens with zero attached hydrogens (tertiary/aromatic N) is 3. The number of nitrogens with one attached hydrogen (secondary N) is 1. The van der Waals surface area contributed by atoms with Crippen LogP contribution in [0.15, 0.2) is 41.4 Å². The summed E-state index contributed by atoms with van der Waals surface area (Å²) in [7, 11) is 1.96. The lowest BCUT2D eigenvalue weighted by atomic mass is 10.2. The van der Waals surface area contributed by atoms with Crippen LogP contribution < -0.4 is 5.32 Å². The number of amides is 1. The molecule has 2 aromatic rings. The van der Waals surface area contributed by atoms with E-state index in [1.807, 2.05) is 43.5 Å². The molecule has 0 bridgehead atoms. The predicted molar refractivity (Wildman–Crippen MR) is 100 cm³/mol. The van der Waals surface area contributed by atoms with Crippen LogP contribution >= 0.6 is 11.8 Å². The van der Waals surface area contributed by atoms with Crippen LogP contribution in [0.25, 0.3) is 0 Å². The maximum Gasteiger partial charge on any atom is 0.242 e. The third-order valence-corrected chi connectivity index (χ3v) is 4.79. The first kappa shape index (κ1) is 18.5. The molecule has 1 atom stereocenters. The van der Waals surface area contributed by atoms with Crippen molar-refractivity contribution in [2.24, 2.45) is 0 Å². The summed E-state index contributed by atoms with van der Waals surface area (Å²) in [5.41, 5.74) is 1.20. The second-order valence-electron chi connectivity index (χ2n) is 6.18. The van der Waals surface area contributed by atoms with Crippen molar-refractivity contribution in [2.45, 2.75) is 44.3 Å². The average Bonchev–Trinajstić information content (AvgIpc) is 3.03. The molecule has 1 heterocycles. The number of hydrogen-bond acceptors (Lipinski definition) is 4. The number of likely N-dealkylation sites (N-methyl/N-ethyl adjacent to an activating group) is 1. The van der Waals surface area contributed by atoms with Gasteiger partial charge in [0.15, 0.2) is 0 Å². The Morgan fingerprint density at radius 3 is 2.50 bits per heavy atom. The van der Waals surface area contributed by atoms with Gasteiger partial charge in [-0.05, 0) is 51.8 Å². The van der Waals surface area contributed by atoms with E-state index >= 15 is 0 Å². The first-order chi connectivity index (χ1) is 11.4. The molecule has 130 valence electrons. The SMILES string of the molecule is CSc1ccc(CN(C)C(C)C(=O)Nc2ccnn2C(C)C)cc1. The molecule has 0 spiro atoms. The van der Waals surface area contributed by atoms with E-state index in [0.29, 0.717) is 0 Å². The van der Waals surface area contributed by atoms with E-state index in [1.165, 1.54) is 10.5 Å². The third kappa shape index (κ3) is 4.61. The Hall–Kier alpha value is -1.79. The Balaban J connectivity index is 1.97. The molecule has 1 amide bonds. The lowest BCUT2D eigenvalue weighted by molar-refractivity contribution is -0.120. The van der Waals surface area contributed by atoms with Crippen LogP contribution in [0.4, 0.5) is 5.82 Å². The number of benzene rings is 1. The molecule has 1 N–H and O–H groups in total. The minimum atomic E-state index is -0.235. The van der Waals surface area contributed by atoms with E-state index in [4.69, 9.17) is 0 Å². The quantitative estimate of drug-likeness (QED) is 0.778. The predicted octanol–water partition coefficient (Wildman–Crippen LogP) is 3.64. The largest absolute Gasteiger partial charge is 0.310 e. The normalized spacial score (nSPS) is 12.6. The summed E-state index contributed by atoms with van der Waals surface area (Å²) in [4.78, 5) is 15.8. The van der Waals surface area contributed by atoms with Crippen molar-refractivity contribution in [1.29, 1.82) is 0 Å². The Kier molecular flexibility index (Phi) is 6.45. The number of carbonyl (C=O) groups excluding carboxylic acids is 1. The molecule has 2 rings (SSSR count). The number of aromatic nitrogens is 2. The van der Waals surface area contributed by atoms with Crippen LogP contribution in [-0.4, -0.2) is 39.9 Å². The van der Waals surface area contributed by atoms with Gasteiger partial charge in [-0.1, -0.05) is 12.1 Å². The minimum Gasteiger partial charge on any atom is -0.310 e. The summed E-state index contributed by atoms with van der Waals surface area (Å²) >= 11 is 1.73. The van der Waals surface area contributed by atoms with Gasteiger partial charge in [-0.2, -0.15) is 5.10 Å². The first-order valence-electron chi connectivity index (χ1n) is 8.10. The van der Waals surface area contributed by atoms with Crippen molar-refractivity contribution in [2.75, 3.05) is 18.6 Å². The van der Waals surface area contributed by atoms with Gasteiger partial charge in [0, 0.05) is 23.5 Å². The van der Waals surface area contributed by atoms with E-state index in [9.17, 15) is 4.79 Å². The monoisotopic (exact) mass is 346 g/mol. The third-order valence-electron chi connectivity index (χ3n) is 4.04. The molecule has 1 aromatic carbocycles. The zero-order valence-electron chi connectivity index (χ0n) is 15.0. The van der Waals surface area contributed by atoms with Crippen LogP contribution in [0.3, 0.4) is 0 Å². The van der Waals surface area contributed by atoms with Crippen LogP contribution in [0.5, 0.6) is 0 Å². The van der Waals surface area contributed by atoms with Crippen molar-refractivity contribution in [1.82, 2.24) is 14.7 Å². The highest BCUT2D eigenvalue weighted by molar-refractivity contribution is 7.98. The molecular formula is C18H26N4OS. The smallest absolute Gasteiger partial charge is 0.242 e. The van der Waals surface area contributed by atoms with E-state index in [0.717, 1.165) is 12.4 Å². The number of hydrogen-bond donors (Lipinski definition) is 1. The van der Waals surface area contributed by atoms with Crippen molar-refractivity contribution in [3.8, 4) is 0 Å². The fourth-order valence-electron chi connectivity index (χ4n) is 2.41. The molecule has 0 aliphatic rings. The van der Waals surface area contributed by atoms with Gasteiger partial charge in [-0.15, -0.1) is 11.8 Å². The average molecular weight is 347 g/mol. The number of rotatable bonds is 7. The van der Waals surface area contributed by atoms with E-state index in [1.54, 1.807) is 18.0 Å². The zero-order valence-corrected chi connectivity index (χ0v) is 15.8. The highest BCUT2D eigenvalue weighted by Crippen LogP contribution is 2.17. The molecule has 1 unspecified atom stereocenters. The number of thioether (sulfide) groups is 1. The van der Waals surface area contributed by atoms with E-state index in [2.05, 4.69) is 40.9 Å². The highest BCUT2D eigenvalue weighted by Gasteiger charge is 2.20. The van der Waals surface area contributed by atoms with E-state index in [-0.39, 0.29) is 18.0 Å². The molecule has 0 aliphatic carbocycles. The van der Waals surface area contributed by atoms with Crippen molar-refractivity contribution < 1.29 is 4.79 Å². The van der Waals surface area contributed by atoms with Crippen LogP contribution in [0.1, 0.15) is 32.4 Å². The second-order valence-corrected chi connectivity index (χ2v) is 7.06. The Morgan fingerprint density at radius 2 is 1.92 bits per heavy atom. The summed E-state index contributed by atoms with van der Waals surface area (Å²) in [5, 5.41) is 7.22. The van der Waals surface area contributed by atoms with E-state index < -0.39 is 0 Å². The lowest BCUT2D eigenvalue weighted by Crippen LogP contribution is -2.39. The van der Waals surface area contributed by atoms with Gasteiger partial charge in [0.05, 0.1) is 12.2 Å². The van der Waals surface area contributed by atoms with Crippen molar-refractivity contribution in [3.05, 3.63) is 42.1 Å². The summed E-state index contributed by atoms with van der Waals surface area (Å²) in [6, 6.07) is 10.2. The minimum absolute atomic E-state index is 0.0272. The Labute approximate surface area is 148 Å². The molecule has 0 aliphatic heterocycles. The zero-order chi connectivity index (χ0) is 17.7. The molecule has 0 saturated carbocycles. The Morgan fingerprint density at radius 1 is 1.25 bits per heavy atom. The van der Waals surface area contributed by atoms with Crippen LogP contribution in [-0.2, 0) is 11.3 Å². The van der Waals surface area contributed by atoms with Gasteiger partial charge in [-0.3, -0.25) is 9.69 Å². The van der Waals surface area contributed by atoms with Gasteiger partial charge in [0.1, 0.15) is 5.82 Å². The van der Waals surface area contributed by atoms with Gasteiger partial charge >= 0.3 is 0 Å². The highest BCUT2D eigenvalue weighted by atomic mass is 32.2. The summed E-state index contributed by atoms with van der Waals surface area (Å²) in [6.45, 7) is 6.72. The van der Waals surface area contributed by atoms with Gasteiger partial charge in [0.2, 0.25) is 5.91 Å². The van der Waals surface area contributed by atoms with Gasteiger partial charge in [0.25, 0.3) is 0 Å². The summed E-state index contributed by atoms with van der Waals surface area (Å²) in [5.74, 6) is 0.709. The second kappa shape index (κ2) is 8.35. The van der Waals surface area contributed by atoms with Crippen LogP contribution in [0, 0.1) is 0 Å². The van der Waals surface area contributed by atoms with Gasteiger partial charge < -0.3 is 5.32 Å². The van der Waals surface area contributed by atoms with Crippen molar-refractivity contribution in [3.63, 3.8) is 0 Å². The Bertz CT molecular complexity index is 666. The first-order valence-corrected chi connectivity index (χ1v) is 9.32. The molecule has 1 aromatic heterocycles. The fraction of sp³-hybridized carbons (Fsp3) is 0.444. The maximum atomic E-state index is 12.5. The molecule has 0 radical (unpaired) electrons. The van der Waals surface area contributed by atoms with Crippen molar-refractivity contribution >= 4 is 23.5 Å². The molecular weight excluding hydrogens is 320 g/mol. The summed E-state index contributed by atoms with van der Waals surface area (Å²) in [6.07, 6.45) is 3.77. The molecule has 0 saturated heterocycles. The molecule has 6 heteroatoms. The number of anilines is 1. The molecule has 0 fully saturated rings. The van der Waals surface area contributed by atoms with Gasteiger partial charge in [-0.25, -0.2) is 4.68 Å². The molecule has 5 nitrogen and oxygen atoms in total. The lowest BCUT2D eigenvalue weighted by Gasteiger charge is -2.24. The maximum absolute atomic E-state index is 12.5. The fourth-order valence-corrected chi connectivity index (χ4v) is 2.82. The molecule has 24 heavy (non-hydrogen) atoms. The standard InChI is InChI=1S/C18H26N4OS/c1-13(2)22-17(10-11-19-22)20-18(23)14(3)21(4)12-15-6-8-16(24-5)9-7-15/h6-11,13-14H,12H2,1-5H3,(H,20,23). The topological polar surface area (TPSA) is 50.2 Å². The van der Waals surface area contributed by atoms with Crippen LogP contribution in [0.2, 0.25) is 0 Å².